The molecule has 1 aromatic carbocycles. The fraction of sp³-hybridized carbons (Fsp3) is 0.435. The van der Waals surface area contributed by atoms with Crippen LogP contribution in [-0.2, 0) is 16.1 Å². The summed E-state index contributed by atoms with van der Waals surface area (Å²) in [5.74, 6) is 1.27. The summed E-state index contributed by atoms with van der Waals surface area (Å²) in [7, 11) is 0. The summed E-state index contributed by atoms with van der Waals surface area (Å²) in [6.07, 6.45) is 3.94. The Morgan fingerprint density at radius 1 is 1.06 bits per heavy atom. The monoisotopic (exact) mass is 440 g/mol. The molecule has 2 aliphatic heterocycles. The molecule has 3 heterocycles. The van der Waals surface area contributed by atoms with Crippen molar-refractivity contribution in [2.75, 3.05) is 50.0 Å². The van der Waals surface area contributed by atoms with E-state index < -0.39 is 0 Å². The molecule has 0 bridgehead atoms. The molecule has 0 saturated carbocycles. The number of rotatable bonds is 7. The molecule has 7 nitrogen and oxygen atoms in total. The minimum absolute atomic E-state index is 0.138. The van der Waals surface area contributed by atoms with Crippen molar-refractivity contribution in [1.29, 1.82) is 0 Å². The molecule has 1 aromatic heterocycles. The Hall–Kier alpha value is -2.58. The van der Waals surface area contributed by atoms with E-state index in [1.54, 1.807) is 6.20 Å². The van der Waals surface area contributed by atoms with Crippen LogP contribution in [0.15, 0.2) is 47.5 Å². The zero-order chi connectivity index (χ0) is 21.5. The summed E-state index contributed by atoms with van der Waals surface area (Å²) in [6, 6.07) is 11.4. The third-order valence-corrected chi connectivity index (χ3v) is 6.60. The highest BCUT2D eigenvalue weighted by Gasteiger charge is 2.19. The molecule has 0 unspecified atom stereocenters. The number of pyridine rings is 1. The van der Waals surface area contributed by atoms with Crippen molar-refractivity contribution in [2.45, 2.75) is 24.3 Å². The third kappa shape index (κ3) is 5.77. The fourth-order valence-corrected chi connectivity index (χ4v) is 4.74. The van der Waals surface area contributed by atoms with Crippen LogP contribution in [0, 0.1) is 0 Å². The second-order valence-corrected chi connectivity index (χ2v) is 8.69. The van der Waals surface area contributed by atoms with Gasteiger partial charge in [-0.15, -0.1) is 11.8 Å². The van der Waals surface area contributed by atoms with E-state index in [4.69, 9.17) is 4.74 Å². The van der Waals surface area contributed by atoms with Crippen LogP contribution in [-0.4, -0.2) is 66.8 Å². The van der Waals surface area contributed by atoms with Crippen molar-refractivity contribution in [3.63, 3.8) is 0 Å². The zero-order valence-electron chi connectivity index (χ0n) is 17.6. The number of benzene rings is 1. The lowest BCUT2D eigenvalue weighted by Crippen LogP contribution is -2.36. The van der Waals surface area contributed by atoms with E-state index in [1.165, 1.54) is 11.8 Å². The summed E-state index contributed by atoms with van der Waals surface area (Å²) < 4.78 is 5.40. The number of morpholine rings is 1. The lowest BCUT2D eigenvalue weighted by molar-refractivity contribution is -0.127. The topological polar surface area (TPSA) is 74.8 Å². The van der Waals surface area contributed by atoms with Gasteiger partial charge in [0.15, 0.2) is 0 Å². The van der Waals surface area contributed by atoms with Gasteiger partial charge in [0.1, 0.15) is 5.82 Å². The Morgan fingerprint density at radius 3 is 2.65 bits per heavy atom. The van der Waals surface area contributed by atoms with Crippen molar-refractivity contribution in [1.82, 2.24) is 15.2 Å². The largest absolute Gasteiger partial charge is 0.378 e. The van der Waals surface area contributed by atoms with E-state index in [9.17, 15) is 9.59 Å². The predicted molar refractivity (Wildman–Crippen MR) is 121 cm³/mol. The molecule has 8 heteroatoms. The Labute approximate surface area is 187 Å². The number of carbonyl (C=O) groups excluding carboxylic acids is 2. The van der Waals surface area contributed by atoms with E-state index in [2.05, 4.69) is 15.2 Å². The van der Waals surface area contributed by atoms with E-state index in [-0.39, 0.29) is 11.8 Å². The zero-order valence-corrected chi connectivity index (χ0v) is 18.4. The first-order valence-electron chi connectivity index (χ1n) is 10.8. The molecule has 0 radical (unpaired) electrons. The molecular weight excluding hydrogens is 412 g/mol. The number of ether oxygens (including phenoxy) is 1. The molecule has 4 rings (SSSR count). The van der Waals surface area contributed by atoms with E-state index >= 15 is 0 Å². The van der Waals surface area contributed by atoms with E-state index in [0.29, 0.717) is 31.1 Å². The van der Waals surface area contributed by atoms with Gasteiger partial charge in [0, 0.05) is 43.8 Å². The molecular formula is C23H28N4O3S. The molecule has 31 heavy (non-hydrogen) atoms. The molecule has 0 spiro atoms. The van der Waals surface area contributed by atoms with Crippen LogP contribution in [0.5, 0.6) is 0 Å². The Kier molecular flexibility index (Phi) is 7.43. The Morgan fingerprint density at radius 2 is 1.84 bits per heavy atom. The maximum atomic E-state index is 12.9. The van der Waals surface area contributed by atoms with Gasteiger partial charge in [-0.2, -0.15) is 0 Å². The van der Waals surface area contributed by atoms with Gasteiger partial charge < -0.3 is 19.9 Å². The van der Waals surface area contributed by atoms with Gasteiger partial charge in [-0.25, -0.2) is 4.98 Å². The van der Waals surface area contributed by atoms with Gasteiger partial charge in [0.25, 0.3) is 5.91 Å². The second kappa shape index (κ2) is 10.6. The van der Waals surface area contributed by atoms with Crippen molar-refractivity contribution < 1.29 is 14.3 Å². The van der Waals surface area contributed by atoms with Crippen LogP contribution < -0.4 is 10.2 Å². The molecule has 2 aromatic rings. The van der Waals surface area contributed by atoms with Crippen molar-refractivity contribution >= 4 is 29.4 Å². The van der Waals surface area contributed by atoms with Crippen LogP contribution in [0.2, 0.25) is 0 Å². The number of nitrogens with one attached hydrogen (secondary N) is 1. The molecule has 1 N–H and O–H groups in total. The number of anilines is 1. The summed E-state index contributed by atoms with van der Waals surface area (Å²) in [5, 5.41) is 3.01. The number of hydrogen-bond donors (Lipinski definition) is 1. The Balaban J connectivity index is 1.35. The number of carbonyl (C=O) groups is 2. The van der Waals surface area contributed by atoms with Gasteiger partial charge in [-0.1, -0.05) is 12.1 Å². The van der Waals surface area contributed by atoms with Crippen LogP contribution >= 0.6 is 11.8 Å². The lowest BCUT2D eigenvalue weighted by Gasteiger charge is -2.28. The van der Waals surface area contributed by atoms with Gasteiger partial charge in [-0.05, 0) is 42.7 Å². The van der Waals surface area contributed by atoms with Crippen molar-refractivity contribution in [3.05, 3.63) is 53.7 Å². The van der Waals surface area contributed by atoms with Gasteiger partial charge >= 0.3 is 0 Å². The minimum atomic E-state index is -0.138. The quantitative estimate of drug-likeness (QED) is 0.667. The molecule has 2 amide bonds. The smallest absolute Gasteiger partial charge is 0.252 e. The SMILES string of the molecule is O=C(NCc1ccnc(N2CCOCC2)c1)c1ccccc1SCC(=O)N1CCCC1. The fourth-order valence-electron chi connectivity index (χ4n) is 3.79. The molecule has 2 saturated heterocycles. The number of hydrogen-bond acceptors (Lipinski definition) is 6. The average Bonchev–Trinajstić information content (AvgIpc) is 3.37. The molecule has 164 valence electrons. The van der Waals surface area contributed by atoms with Crippen LogP contribution in [0.25, 0.3) is 0 Å². The highest BCUT2D eigenvalue weighted by molar-refractivity contribution is 8.00. The van der Waals surface area contributed by atoms with Crippen LogP contribution in [0.4, 0.5) is 5.82 Å². The maximum Gasteiger partial charge on any atom is 0.252 e. The lowest BCUT2D eigenvalue weighted by atomic mass is 10.2. The van der Waals surface area contributed by atoms with Crippen molar-refractivity contribution in [2.24, 2.45) is 0 Å². The van der Waals surface area contributed by atoms with Crippen LogP contribution in [0.3, 0.4) is 0 Å². The van der Waals surface area contributed by atoms with Crippen LogP contribution in [0.1, 0.15) is 28.8 Å². The normalized spacial score (nSPS) is 16.4. The van der Waals surface area contributed by atoms with Gasteiger partial charge in [-0.3, -0.25) is 9.59 Å². The Bertz CT molecular complexity index is 911. The first-order valence-corrected chi connectivity index (χ1v) is 11.7. The highest BCUT2D eigenvalue weighted by Crippen LogP contribution is 2.24. The summed E-state index contributed by atoms with van der Waals surface area (Å²) in [6.45, 7) is 5.17. The number of amides is 2. The standard InChI is InChI=1S/C23H28N4O3S/c28-22(27-9-3-4-10-27)17-31-20-6-2-1-5-19(20)23(29)25-16-18-7-8-24-21(15-18)26-11-13-30-14-12-26/h1-2,5-8,15H,3-4,9-14,16-17H2,(H,25,29). The molecule has 0 atom stereocenters. The number of nitrogens with zero attached hydrogens (tertiary/aromatic N) is 3. The summed E-state index contributed by atoms with van der Waals surface area (Å²) in [5.41, 5.74) is 1.60. The number of likely N-dealkylation sites (tertiary alicyclic amines) is 1. The molecule has 2 fully saturated rings. The van der Waals surface area contributed by atoms with Crippen molar-refractivity contribution in [3.8, 4) is 0 Å². The number of thioether (sulfide) groups is 1. The summed E-state index contributed by atoms with van der Waals surface area (Å²) >= 11 is 1.43. The molecule has 2 aliphatic rings. The third-order valence-electron chi connectivity index (χ3n) is 5.54. The van der Waals surface area contributed by atoms with Gasteiger partial charge in [0.2, 0.25) is 5.91 Å². The predicted octanol–water partition coefficient (Wildman–Crippen LogP) is 2.56. The highest BCUT2D eigenvalue weighted by atomic mass is 32.2. The first-order chi connectivity index (χ1) is 15.2. The summed E-state index contributed by atoms with van der Waals surface area (Å²) in [4.78, 5) is 34.6. The van der Waals surface area contributed by atoms with E-state index in [0.717, 1.165) is 55.3 Å². The number of aromatic nitrogens is 1. The molecule has 0 aliphatic carbocycles. The first kappa shape index (κ1) is 21.6. The second-order valence-electron chi connectivity index (χ2n) is 7.68. The minimum Gasteiger partial charge on any atom is -0.378 e. The average molecular weight is 441 g/mol. The maximum absolute atomic E-state index is 12.9. The van der Waals surface area contributed by atoms with E-state index in [1.807, 2.05) is 41.3 Å². The van der Waals surface area contributed by atoms with Gasteiger partial charge in [0.05, 0.1) is 24.5 Å².